The van der Waals surface area contributed by atoms with Gasteiger partial charge in [0.05, 0.1) is 5.52 Å². The minimum Gasteiger partial charge on any atom is -0.489 e. The van der Waals surface area contributed by atoms with E-state index in [1.165, 1.54) is 6.07 Å². The molecule has 1 aromatic heterocycles. The van der Waals surface area contributed by atoms with E-state index in [9.17, 15) is 4.39 Å². The smallest absolute Gasteiger partial charge is 0.132 e. The van der Waals surface area contributed by atoms with Crippen molar-refractivity contribution in [2.45, 2.75) is 33.4 Å². The summed E-state index contributed by atoms with van der Waals surface area (Å²) in [7, 11) is 0. The molecule has 2 nitrogen and oxygen atoms in total. The van der Waals surface area contributed by atoms with Crippen LogP contribution in [0.3, 0.4) is 0 Å². The van der Waals surface area contributed by atoms with Gasteiger partial charge in [-0.2, -0.15) is 0 Å². The van der Waals surface area contributed by atoms with Gasteiger partial charge in [-0.3, -0.25) is 0 Å². The van der Waals surface area contributed by atoms with Gasteiger partial charge in [0.2, 0.25) is 0 Å². The van der Waals surface area contributed by atoms with Gasteiger partial charge in [-0.15, -0.1) is 0 Å². The third kappa shape index (κ3) is 2.71. The lowest BCUT2D eigenvalue weighted by Crippen LogP contribution is -1.98. The van der Waals surface area contributed by atoms with Crippen LogP contribution in [-0.2, 0) is 6.61 Å². The Bertz CT molecular complexity index is 804. The molecule has 0 amide bonds. The molecule has 0 aliphatic rings. The minimum absolute atomic E-state index is 0.195. The first-order valence-electron chi connectivity index (χ1n) is 7.53. The number of rotatable bonds is 4. The highest BCUT2D eigenvalue weighted by atomic mass is 19.1. The number of ether oxygens (including phenoxy) is 1. The first-order chi connectivity index (χ1) is 10.6. The van der Waals surface area contributed by atoms with E-state index in [-0.39, 0.29) is 11.9 Å². The van der Waals surface area contributed by atoms with Crippen molar-refractivity contribution in [2.24, 2.45) is 0 Å². The van der Waals surface area contributed by atoms with Gasteiger partial charge in [-0.25, -0.2) is 4.39 Å². The van der Waals surface area contributed by atoms with Crippen molar-refractivity contribution in [1.29, 1.82) is 0 Å². The summed E-state index contributed by atoms with van der Waals surface area (Å²) in [5.41, 5.74) is 2.94. The Morgan fingerprint density at radius 1 is 1.14 bits per heavy atom. The number of aryl methyl sites for hydroxylation is 1. The van der Waals surface area contributed by atoms with Crippen molar-refractivity contribution < 1.29 is 9.13 Å². The highest BCUT2D eigenvalue weighted by Crippen LogP contribution is 2.28. The Balaban J connectivity index is 1.96. The predicted molar refractivity (Wildman–Crippen MR) is 87.8 cm³/mol. The Hall–Kier alpha value is -2.29. The molecule has 0 spiro atoms. The van der Waals surface area contributed by atoms with E-state index in [0.29, 0.717) is 12.0 Å². The number of fused-ring (bicyclic) bond motifs is 1. The topological polar surface area (TPSA) is 14.2 Å². The summed E-state index contributed by atoms with van der Waals surface area (Å²) in [4.78, 5) is 0. The average molecular weight is 297 g/mol. The van der Waals surface area contributed by atoms with E-state index in [0.717, 1.165) is 22.4 Å². The molecule has 0 atom stereocenters. The fraction of sp³-hybridized carbons (Fsp3) is 0.263. The molecule has 0 unspecified atom stereocenters. The van der Waals surface area contributed by atoms with Crippen LogP contribution < -0.4 is 4.74 Å². The van der Waals surface area contributed by atoms with E-state index in [1.54, 1.807) is 6.07 Å². The number of aromatic nitrogens is 1. The maximum atomic E-state index is 14.2. The van der Waals surface area contributed by atoms with Crippen LogP contribution >= 0.6 is 0 Å². The number of hydrogen-bond acceptors (Lipinski definition) is 1. The third-order valence-corrected chi connectivity index (χ3v) is 3.83. The SMILES string of the molecule is Cc1cccc(OCc2cn(C(C)C)c3cccc(F)c23)c1. The molecule has 22 heavy (non-hydrogen) atoms. The van der Waals surface area contributed by atoms with Crippen molar-refractivity contribution in [1.82, 2.24) is 4.57 Å². The molecular formula is C19H20FNO. The van der Waals surface area contributed by atoms with Gasteiger partial charge in [0, 0.05) is 23.2 Å². The first-order valence-corrected chi connectivity index (χ1v) is 7.53. The van der Waals surface area contributed by atoms with E-state index in [2.05, 4.69) is 18.4 Å². The Morgan fingerprint density at radius 3 is 2.64 bits per heavy atom. The maximum absolute atomic E-state index is 14.2. The molecule has 3 heteroatoms. The highest BCUT2D eigenvalue weighted by molar-refractivity contribution is 5.84. The number of nitrogens with zero attached hydrogens (tertiary/aromatic N) is 1. The second kappa shape index (κ2) is 5.84. The molecule has 0 saturated carbocycles. The summed E-state index contributed by atoms with van der Waals surface area (Å²) >= 11 is 0. The summed E-state index contributed by atoms with van der Waals surface area (Å²) in [5.74, 6) is 0.613. The Kier molecular flexibility index (Phi) is 3.88. The fourth-order valence-corrected chi connectivity index (χ4v) is 2.75. The molecule has 0 aliphatic carbocycles. The largest absolute Gasteiger partial charge is 0.489 e. The van der Waals surface area contributed by atoms with Crippen molar-refractivity contribution >= 4 is 10.9 Å². The molecule has 0 radical (unpaired) electrons. The van der Waals surface area contributed by atoms with E-state index < -0.39 is 0 Å². The van der Waals surface area contributed by atoms with Crippen molar-refractivity contribution in [2.75, 3.05) is 0 Å². The third-order valence-electron chi connectivity index (χ3n) is 3.83. The second-order valence-electron chi connectivity index (χ2n) is 5.89. The van der Waals surface area contributed by atoms with Crippen LogP contribution in [0.4, 0.5) is 4.39 Å². The van der Waals surface area contributed by atoms with Gasteiger partial charge in [0.1, 0.15) is 18.2 Å². The lowest BCUT2D eigenvalue weighted by atomic mass is 10.1. The zero-order valence-electron chi connectivity index (χ0n) is 13.1. The summed E-state index contributed by atoms with van der Waals surface area (Å²) in [6.07, 6.45) is 1.99. The average Bonchev–Trinajstić information content (AvgIpc) is 2.86. The fourth-order valence-electron chi connectivity index (χ4n) is 2.75. The van der Waals surface area contributed by atoms with Crippen LogP contribution in [0.15, 0.2) is 48.7 Å². The molecule has 114 valence electrons. The van der Waals surface area contributed by atoms with E-state index >= 15 is 0 Å². The molecule has 3 rings (SSSR count). The first kappa shape index (κ1) is 14.6. The molecule has 0 bridgehead atoms. The van der Waals surface area contributed by atoms with Gasteiger partial charge in [0.25, 0.3) is 0 Å². The van der Waals surface area contributed by atoms with Gasteiger partial charge >= 0.3 is 0 Å². The van der Waals surface area contributed by atoms with Gasteiger partial charge < -0.3 is 9.30 Å². The Labute approximate surface area is 130 Å². The van der Waals surface area contributed by atoms with E-state index in [4.69, 9.17) is 4.74 Å². The molecule has 0 saturated heterocycles. The molecule has 0 fully saturated rings. The molecule has 0 aliphatic heterocycles. The number of halogens is 1. The lowest BCUT2D eigenvalue weighted by Gasteiger charge is -2.08. The van der Waals surface area contributed by atoms with Crippen LogP contribution in [0.1, 0.15) is 31.0 Å². The van der Waals surface area contributed by atoms with Gasteiger partial charge in [-0.1, -0.05) is 18.2 Å². The van der Waals surface area contributed by atoms with Crippen molar-refractivity contribution in [3.63, 3.8) is 0 Å². The normalized spacial score (nSPS) is 11.3. The van der Waals surface area contributed by atoms with Gasteiger partial charge in [0.15, 0.2) is 0 Å². The maximum Gasteiger partial charge on any atom is 0.132 e. The van der Waals surface area contributed by atoms with Crippen LogP contribution in [0.2, 0.25) is 0 Å². The summed E-state index contributed by atoms with van der Waals surface area (Å²) in [6.45, 7) is 6.57. The molecule has 3 aromatic rings. The molecule has 2 aromatic carbocycles. The van der Waals surface area contributed by atoms with Crippen LogP contribution in [0, 0.1) is 12.7 Å². The zero-order chi connectivity index (χ0) is 15.7. The molecule has 1 heterocycles. The summed E-state index contributed by atoms with van der Waals surface area (Å²) in [5, 5.41) is 0.656. The monoisotopic (exact) mass is 297 g/mol. The predicted octanol–water partition coefficient (Wildman–Crippen LogP) is 5.25. The van der Waals surface area contributed by atoms with Crippen molar-refractivity contribution in [3.05, 3.63) is 65.6 Å². The standard InChI is InChI=1S/C19H20FNO/c1-13(2)21-11-15(19-17(20)8-5-9-18(19)21)12-22-16-7-4-6-14(3)10-16/h4-11,13H,12H2,1-3H3. The second-order valence-corrected chi connectivity index (χ2v) is 5.89. The van der Waals surface area contributed by atoms with Crippen LogP contribution in [0.25, 0.3) is 10.9 Å². The lowest BCUT2D eigenvalue weighted by molar-refractivity contribution is 0.306. The Morgan fingerprint density at radius 2 is 1.91 bits per heavy atom. The molecule has 0 N–H and O–H groups in total. The van der Waals surface area contributed by atoms with Crippen LogP contribution in [0.5, 0.6) is 5.75 Å². The van der Waals surface area contributed by atoms with Crippen molar-refractivity contribution in [3.8, 4) is 5.75 Å². The molecular weight excluding hydrogens is 277 g/mol. The van der Waals surface area contributed by atoms with Gasteiger partial charge in [-0.05, 0) is 50.6 Å². The summed E-state index contributed by atoms with van der Waals surface area (Å²) < 4.78 is 22.2. The number of benzene rings is 2. The van der Waals surface area contributed by atoms with Crippen LogP contribution in [-0.4, -0.2) is 4.57 Å². The zero-order valence-corrected chi connectivity index (χ0v) is 13.1. The minimum atomic E-state index is -0.195. The number of hydrogen-bond donors (Lipinski definition) is 0. The van der Waals surface area contributed by atoms with E-state index in [1.807, 2.05) is 43.5 Å². The quantitative estimate of drug-likeness (QED) is 0.641. The summed E-state index contributed by atoms with van der Waals surface area (Å²) in [6, 6.07) is 13.4. The highest BCUT2D eigenvalue weighted by Gasteiger charge is 2.14.